The monoisotopic (exact) mass is 638 g/mol. The Morgan fingerprint density at radius 2 is 0.860 bits per heavy atom. The van der Waals surface area contributed by atoms with Gasteiger partial charge >= 0.3 is 0 Å². The van der Waals surface area contributed by atoms with Gasteiger partial charge in [0.25, 0.3) is 0 Å². The molecule has 236 valence electrons. The van der Waals surface area contributed by atoms with Crippen LogP contribution in [0.25, 0.3) is 33.0 Å². The van der Waals surface area contributed by atoms with Crippen LogP contribution < -0.4 is 4.74 Å². The second kappa shape index (κ2) is 10.9. The van der Waals surface area contributed by atoms with Crippen molar-refractivity contribution in [3.05, 3.63) is 227 Å². The van der Waals surface area contributed by atoms with E-state index in [1.165, 1.54) is 66.4 Å². The van der Waals surface area contributed by atoms with Crippen LogP contribution in [-0.4, -0.2) is 0 Å². The summed E-state index contributed by atoms with van der Waals surface area (Å²) in [6.07, 6.45) is 0. The summed E-state index contributed by atoms with van der Waals surface area (Å²) in [5, 5.41) is 2.50. The molecule has 0 bridgehead atoms. The summed E-state index contributed by atoms with van der Waals surface area (Å²) in [6, 6.07) is 68.8. The lowest BCUT2D eigenvalue weighted by Gasteiger charge is -2.40. The number of fused-ring (bicyclic) bond motifs is 6. The molecular formula is C49H34O. The molecule has 50 heavy (non-hydrogen) atoms. The zero-order valence-corrected chi connectivity index (χ0v) is 27.8. The Balaban J connectivity index is 1.31. The second-order valence-corrected chi connectivity index (χ2v) is 13.7. The molecule has 1 aliphatic heterocycles. The molecule has 1 nitrogen and oxygen atoms in total. The predicted octanol–water partition coefficient (Wildman–Crippen LogP) is 12.3. The summed E-state index contributed by atoms with van der Waals surface area (Å²) in [5.74, 6) is 1.82. The number of hydrogen-bond acceptors (Lipinski definition) is 1. The molecule has 2 unspecified atom stereocenters. The molecule has 0 amide bonds. The number of hydrogen-bond donors (Lipinski definition) is 0. The first-order valence-corrected chi connectivity index (χ1v) is 17.4. The molecule has 2 aliphatic rings. The van der Waals surface area contributed by atoms with Crippen LogP contribution in [0, 0.1) is 0 Å². The Bertz CT molecular complexity index is 2580. The number of ether oxygens (including phenoxy) is 1. The van der Waals surface area contributed by atoms with Crippen molar-refractivity contribution in [1.29, 1.82) is 0 Å². The molecule has 0 spiro atoms. The number of para-hydroxylation sites is 2. The van der Waals surface area contributed by atoms with E-state index in [1.54, 1.807) is 0 Å². The molecule has 1 heterocycles. The van der Waals surface area contributed by atoms with Crippen molar-refractivity contribution in [3.63, 3.8) is 0 Å². The molecule has 8 aromatic rings. The van der Waals surface area contributed by atoms with E-state index in [0.717, 1.165) is 17.1 Å². The summed E-state index contributed by atoms with van der Waals surface area (Å²) >= 11 is 0. The quantitative estimate of drug-likeness (QED) is 0.186. The van der Waals surface area contributed by atoms with Crippen LogP contribution in [0.5, 0.6) is 11.5 Å². The van der Waals surface area contributed by atoms with Gasteiger partial charge in [-0.25, -0.2) is 0 Å². The first kappa shape index (κ1) is 28.8. The highest BCUT2D eigenvalue weighted by Crippen LogP contribution is 2.60. The topological polar surface area (TPSA) is 9.23 Å². The molecule has 0 saturated carbocycles. The zero-order valence-electron chi connectivity index (χ0n) is 27.8. The van der Waals surface area contributed by atoms with E-state index in [9.17, 15) is 0 Å². The van der Waals surface area contributed by atoms with Crippen molar-refractivity contribution in [1.82, 2.24) is 0 Å². The Morgan fingerprint density at radius 3 is 1.56 bits per heavy atom. The maximum atomic E-state index is 7.03. The Labute approximate surface area is 293 Å². The molecular weight excluding hydrogens is 605 g/mol. The summed E-state index contributed by atoms with van der Waals surface area (Å²) in [4.78, 5) is 0. The largest absolute Gasteiger partial charge is 0.456 e. The van der Waals surface area contributed by atoms with Crippen LogP contribution >= 0.6 is 0 Å². The summed E-state index contributed by atoms with van der Waals surface area (Å²) < 4.78 is 7.03. The third kappa shape index (κ3) is 3.89. The van der Waals surface area contributed by atoms with Gasteiger partial charge in [-0.3, -0.25) is 0 Å². The summed E-state index contributed by atoms with van der Waals surface area (Å²) in [5.41, 5.74) is 12.5. The normalized spacial score (nSPS) is 18.4. The van der Waals surface area contributed by atoms with E-state index in [-0.39, 0.29) is 0 Å². The molecule has 0 radical (unpaired) electrons. The molecule has 8 aromatic carbocycles. The van der Waals surface area contributed by atoms with Gasteiger partial charge in [0.15, 0.2) is 0 Å². The fraction of sp³-hybridized carbons (Fsp3) is 0.0612. The maximum absolute atomic E-state index is 7.03. The van der Waals surface area contributed by atoms with E-state index in [4.69, 9.17) is 4.74 Å². The van der Waals surface area contributed by atoms with Gasteiger partial charge in [0.05, 0.1) is 5.41 Å². The van der Waals surface area contributed by atoms with Crippen LogP contribution in [0.2, 0.25) is 0 Å². The fourth-order valence-corrected chi connectivity index (χ4v) is 9.01. The minimum absolute atomic E-state index is 0.404. The second-order valence-electron chi connectivity index (χ2n) is 13.7. The molecule has 2 atom stereocenters. The predicted molar refractivity (Wildman–Crippen MR) is 205 cm³/mol. The van der Waals surface area contributed by atoms with Crippen LogP contribution in [-0.2, 0) is 10.8 Å². The standard InChI is InChI=1S/C49H34O/c1-48(35-19-4-2-5-20-35)43-28-14-15-30-46(43)50-47-39(25-16-29-44(47)48)37-23-10-12-26-41(37)49(36-21-6-3-7-22-36)42-27-13-11-24-38(42)40-31-33-17-8-9-18-34(33)32-45(40)49/h2-32H,1H3. The van der Waals surface area contributed by atoms with Gasteiger partial charge in [-0.1, -0.05) is 170 Å². The highest BCUT2D eigenvalue weighted by Gasteiger charge is 2.48. The lowest BCUT2D eigenvalue weighted by Crippen LogP contribution is -2.30. The highest BCUT2D eigenvalue weighted by molar-refractivity contribution is 5.97. The van der Waals surface area contributed by atoms with E-state index in [2.05, 4.69) is 195 Å². The Kier molecular flexibility index (Phi) is 6.29. The minimum atomic E-state index is -0.564. The molecule has 1 aliphatic carbocycles. The third-order valence-corrected chi connectivity index (χ3v) is 11.3. The fourth-order valence-electron chi connectivity index (χ4n) is 9.01. The molecule has 0 saturated heterocycles. The molecule has 0 aromatic heterocycles. The van der Waals surface area contributed by atoms with Gasteiger partial charge in [-0.05, 0) is 80.4 Å². The molecule has 0 N–H and O–H groups in total. The van der Waals surface area contributed by atoms with Crippen LogP contribution in [0.15, 0.2) is 188 Å². The first-order valence-electron chi connectivity index (χ1n) is 17.4. The van der Waals surface area contributed by atoms with Gasteiger partial charge in [0, 0.05) is 22.1 Å². The van der Waals surface area contributed by atoms with Crippen LogP contribution in [0.3, 0.4) is 0 Å². The molecule has 0 fully saturated rings. The Hall–Kier alpha value is -6.18. The highest BCUT2D eigenvalue weighted by atomic mass is 16.5. The van der Waals surface area contributed by atoms with Gasteiger partial charge in [-0.2, -0.15) is 0 Å². The minimum Gasteiger partial charge on any atom is -0.456 e. The third-order valence-electron chi connectivity index (χ3n) is 11.3. The van der Waals surface area contributed by atoms with E-state index >= 15 is 0 Å². The van der Waals surface area contributed by atoms with Crippen molar-refractivity contribution in [2.24, 2.45) is 0 Å². The van der Waals surface area contributed by atoms with Crippen LogP contribution in [0.4, 0.5) is 0 Å². The van der Waals surface area contributed by atoms with Crippen molar-refractivity contribution in [3.8, 4) is 33.8 Å². The van der Waals surface area contributed by atoms with Gasteiger partial charge in [0.2, 0.25) is 0 Å². The summed E-state index contributed by atoms with van der Waals surface area (Å²) in [6.45, 7) is 2.35. The van der Waals surface area contributed by atoms with Gasteiger partial charge in [-0.15, -0.1) is 0 Å². The average Bonchev–Trinajstić information content (AvgIpc) is 3.47. The smallest absolute Gasteiger partial charge is 0.139 e. The van der Waals surface area contributed by atoms with E-state index in [1.807, 2.05) is 0 Å². The summed E-state index contributed by atoms with van der Waals surface area (Å²) in [7, 11) is 0. The molecule has 10 rings (SSSR count). The zero-order chi connectivity index (χ0) is 33.3. The maximum Gasteiger partial charge on any atom is 0.139 e. The van der Waals surface area contributed by atoms with E-state index < -0.39 is 10.8 Å². The van der Waals surface area contributed by atoms with Gasteiger partial charge < -0.3 is 4.74 Å². The number of rotatable bonds is 4. The van der Waals surface area contributed by atoms with Crippen LogP contribution in [0.1, 0.15) is 45.9 Å². The van der Waals surface area contributed by atoms with Crippen molar-refractivity contribution in [2.45, 2.75) is 17.8 Å². The Morgan fingerprint density at radius 1 is 0.360 bits per heavy atom. The average molecular weight is 639 g/mol. The van der Waals surface area contributed by atoms with Gasteiger partial charge in [0.1, 0.15) is 11.5 Å². The van der Waals surface area contributed by atoms with E-state index in [0.29, 0.717) is 0 Å². The van der Waals surface area contributed by atoms with Crippen molar-refractivity contribution >= 4 is 10.8 Å². The van der Waals surface area contributed by atoms with Crippen molar-refractivity contribution in [2.75, 3.05) is 0 Å². The first-order chi connectivity index (χ1) is 24.7. The number of benzene rings is 8. The lowest BCUT2D eigenvalue weighted by molar-refractivity contribution is 0.429. The molecule has 1 heteroatoms. The SMILES string of the molecule is CC1(c2ccccc2)c2ccccc2Oc2c(-c3ccccc3C3(c4ccccc4)c4ccccc4-c4cc5ccccc5cc43)cccc21. The van der Waals surface area contributed by atoms with Crippen molar-refractivity contribution < 1.29 is 4.74 Å². The lowest BCUT2D eigenvalue weighted by atomic mass is 9.65.